The zero-order valence-electron chi connectivity index (χ0n) is 12.5. The number of ether oxygens (including phenoxy) is 2. The van der Waals surface area contributed by atoms with Gasteiger partial charge in [0.15, 0.2) is 0 Å². The fourth-order valence-corrected chi connectivity index (χ4v) is 1.70. The summed E-state index contributed by atoms with van der Waals surface area (Å²) in [5.74, 6) is 0.518. The maximum absolute atomic E-state index is 10.8. The van der Waals surface area contributed by atoms with Gasteiger partial charge in [-0.25, -0.2) is 0 Å². The van der Waals surface area contributed by atoms with E-state index in [2.05, 4.69) is 5.32 Å². The van der Waals surface area contributed by atoms with Crippen molar-refractivity contribution in [3.8, 4) is 5.75 Å². The van der Waals surface area contributed by atoms with Crippen LogP contribution < -0.4 is 10.1 Å². The molecular weight excluding hydrogens is 276 g/mol. The van der Waals surface area contributed by atoms with Gasteiger partial charge >= 0.3 is 0 Å². The Labute approximate surface area is 124 Å². The number of hydrogen-bond donors (Lipinski definition) is 2. The van der Waals surface area contributed by atoms with E-state index < -0.39 is 11.0 Å². The lowest BCUT2D eigenvalue weighted by Crippen LogP contribution is -2.24. The minimum absolute atomic E-state index is 0.0142. The van der Waals surface area contributed by atoms with Gasteiger partial charge in [0, 0.05) is 37.4 Å². The molecule has 0 aliphatic rings. The third kappa shape index (κ3) is 6.07. The van der Waals surface area contributed by atoms with E-state index in [1.165, 1.54) is 19.2 Å². The molecule has 7 heteroatoms. The van der Waals surface area contributed by atoms with E-state index >= 15 is 0 Å². The lowest BCUT2D eigenvalue weighted by molar-refractivity contribution is -0.384. The van der Waals surface area contributed by atoms with Crippen molar-refractivity contribution in [3.63, 3.8) is 0 Å². The topological polar surface area (TPSA) is 93.9 Å². The standard InChI is InChI=1S/C14H22N2O5/c1-10(2)15-7-11-6-12(16(18)19)4-5-14(11)21-9-13(17)8-20-3/h4-6,10,13,15,17H,7-9H2,1-3H3. The maximum Gasteiger partial charge on any atom is 0.270 e. The zero-order chi connectivity index (χ0) is 15.8. The van der Waals surface area contributed by atoms with Gasteiger partial charge in [-0.15, -0.1) is 0 Å². The summed E-state index contributed by atoms with van der Waals surface area (Å²) in [6, 6.07) is 4.66. The minimum atomic E-state index is -0.740. The molecule has 0 saturated carbocycles. The lowest BCUT2D eigenvalue weighted by Gasteiger charge is -2.15. The molecular formula is C14H22N2O5. The van der Waals surface area contributed by atoms with E-state index in [0.29, 0.717) is 17.9 Å². The SMILES string of the molecule is COCC(O)COc1ccc([N+](=O)[O-])cc1CNC(C)C. The molecule has 7 nitrogen and oxygen atoms in total. The van der Waals surface area contributed by atoms with Crippen LogP contribution >= 0.6 is 0 Å². The van der Waals surface area contributed by atoms with E-state index in [4.69, 9.17) is 9.47 Å². The Kier molecular flexibility index (Phi) is 7.07. The van der Waals surface area contributed by atoms with Crippen molar-refractivity contribution in [2.24, 2.45) is 0 Å². The first kappa shape index (κ1) is 17.4. The fourth-order valence-electron chi connectivity index (χ4n) is 1.70. The summed E-state index contributed by atoms with van der Waals surface area (Å²) in [6.45, 7) is 4.67. The number of nitro benzene ring substituents is 1. The summed E-state index contributed by atoms with van der Waals surface area (Å²) in [5.41, 5.74) is 0.697. The number of non-ortho nitro benzene ring substituents is 1. The van der Waals surface area contributed by atoms with Crippen molar-refractivity contribution in [1.29, 1.82) is 0 Å². The number of rotatable bonds is 9. The van der Waals surface area contributed by atoms with Crippen LogP contribution in [0.25, 0.3) is 0 Å². The summed E-state index contributed by atoms with van der Waals surface area (Å²) in [7, 11) is 1.49. The van der Waals surface area contributed by atoms with Gasteiger partial charge < -0.3 is 19.9 Å². The van der Waals surface area contributed by atoms with Gasteiger partial charge in [-0.05, 0) is 6.07 Å². The van der Waals surface area contributed by atoms with E-state index in [1.807, 2.05) is 13.8 Å². The molecule has 0 aromatic heterocycles. The number of methoxy groups -OCH3 is 1. The highest BCUT2D eigenvalue weighted by Gasteiger charge is 2.13. The van der Waals surface area contributed by atoms with Crippen LogP contribution in [0.1, 0.15) is 19.4 Å². The van der Waals surface area contributed by atoms with Crippen LogP contribution in [0, 0.1) is 10.1 Å². The summed E-state index contributed by atoms with van der Waals surface area (Å²) in [4.78, 5) is 10.4. The van der Waals surface area contributed by atoms with Gasteiger partial charge in [0.25, 0.3) is 5.69 Å². The summed E-state index contributed by atoms with van der Waals surface area (Å²) in [6.07, 6.45) is -0.740. The van der Waals surface area contributed by atoms with Crippen LogP contribution in [-0.4, -0.2) is 42.5 Å². The third-order valence-electron chi connectivity index (χ3n) is 2.75. The van der Waals surface area contributed by atoms with Crippen LogP contribution in [0.5, 0.6) is 5.75 Å². The predicted molar refractivity (Wildman–Crippen MR) is 78.4 cm³/mol. The first-order chi connectivity index (χ1) is 9.93. The van der Waals surface area contributed by atoms with Gasteiger partial charge in [0.05, 0.1) is 11.5 Å². The molecule has 21 heavy (non-hydrogen) atoms. The Hall–Kier alpha value is -1.70. The first-order valence-electron chi connectivity index (χ1n) is 6.74. The third-order valence-corrected chi connectivity index (χ3v) is 2.75. The largest absolute Gasteiger partial charge is 0.490 e. The van der Waals surface area contributed by atoms with Crippen LogP contribution in [0.3, 0.4) is 0 Å². The van der Waals surface area contributed by atoms with Gasteiger partial charge in [-0.1, -0.05) is 13.8 Å². The summed E-state index contributed by atoms with van der Waals surface area (Å²) < 4.78 is 10.3. The van der Waals surface area contributed by atoms with Crippen LogP contribution in [0.15, 0.2) is 18.2 Å². The first-order valence-corrected chi connectivity index (χ1v) is 6.74. The monoisotopic (exact) mass is 298 g/mol. The molecule has 0 aliphatic heterocycles. The summed E-state index contributed by atoms with van der Waals surface area (Å²) in [5, 5.41) is 23.6. The molecule has 1 rings (SSSR count). The highest BCUT2D eigenvalue weighted by atomic mass is 16.6. The number of aliphatic hydroxyl groups is 1. The molecule has 1 unspecified atom stereocenters. The van der Waals surface area contributed by atoms with Gasteiger partial charge in [-0.3, -0.25) is 10.1 Å². The zero-order valence-corrected chi connectivity index (χ0v) is 12.5. The van der Waals surface area contributed by atoms with E-state index in [0.717, 1.165) is 0 Å². The smallest absolute Gasteiger partial charge is 0.270 e. The number of benzene rings is 1. The normalized spacial score (nSPS) is 12.4. The Morgan fingerprint density at radius 3 is 2.67 bits per heavy atom. The molecule has 2 N–H and O–H groups in total. The molecule has 0 radical (unpaired) electrons. The van der Waals surface area contributed by atoms with Crippen molar-refractivity contribution in [2.75, 3.05) is 20.3 Å². The molecule has 0 heterocycles. The second-order valence-electron chi connectivity index (χ2n) is 5.00. The van der Waals surface area contributed by atoms with Gasteiger partial charge in [-0.2, -0.15) is 0 Å². The van der Waals surface area contributed by atoms with Gasteiger partial charge in [0.1, 0.15) is 18.5 Å². The molecule has 1 atom stereocenters. The van der Waals surface area contributed by atoms with Crippen molar-refractivity contribution in [2.45, 2.75) is 32.5 Å². The Morgan fingerprint density at radius 1 is 1.38 bits per heavy atom. The number of hydrogen-bond acceptors (Lipinski definition) is 6. The lowest BCUT2D eigenvalue weighted by atomic mass is 10.1. The van der Waals surface area contributed by atoms with Crippen molar-refractivity contribution < 1.29 is 19.5 Å². The number of nitro groups is 1. The molecule has 1 aromatic rings. The average Bonchev–Trinajstić information content (AvgIpc) is 2.43. The summed E-state index contributed by atoms with van der Waals surface area (Å²) >= 11 is 0. The van der Waals surface area contributed by atoms with Crippen LogP contribution in [0.2, 0.25) is 0 Å². The average molecular weight is 298 g/mol. The fraction of sp³-hybridized carbons (Fsp3) is 0.571. The molecule has 0 saturated heterocycles. The molecule has 118 valence electrons. The van der Waals surface area contributed by atoms with E-state index in [1.54, 1.807) is 6.07 Å². The van der Waals surface area contributed by atoms with Crippen LogP contribution in [-0.2, 0) is 11.3 Å². The molecule has 0 amide bonds. The number of nitrogens with one attached hydrogen (secondary N) is 1. The molecule has 1 aromatic carbocycles. The molecule has 0 bridgehead atoms. The Bertz CT molecular complexity index is 465. The highest BCUT2D eigenvalue weighted by Crippen LogP contribution is 2.24. The van der Waals surface area contributed by atoms with Crippen LogP contribution in [0.4, 0.5) is 5.69 Å². The van der Waals surface area contributed by atoms with E-state index in [-0.39, 0.29) is 24.9 Å². The number of nitrogens with zero attached hydrogens (tertiary/aromatic N) is 1. The second-order valence-corrected chi connectivity index (χ2v) is 5.00. The van der Waals surface area contributed by atoms with E-state index in [9.17, 15) is 15.2 Å². The molecule has 0 aliphatic carbocycles. The Morgan fingerprint density at radius 2 is 2.10 bits per heavy atom. The minimum Gasteiger partial charge on any atom is -0.490 e. The van der Waals surface area contributed by atoms with Gasteiger partial charge in [0.2, 0.25) is 0 Å². The highest BCUT2D eigenvalue weighted by molar-refractivity contribution is 5.43. The molecule has 0 fully saturated rings. The molecule has 0 spiro atoms. The predicted octanol–water partition coefficient (Wildman–Crippen LogP) is 1.48. The quantitative estimate of drug-likeness (QED) is 0.530. The number of aliphatic hydroxyl groups excluding tert-OH is 1. The Balaban J connectivity index is 2.82. The van der Waals surface area contributed by atoms with Crippen molar-refractivity contribution in [1.82, 2.24) is 5.32 Å². The van der Waals surface area contributed by atoms with Crippen molar-refractivity contribution in [3.05, 3.63) is 33.9 Å². The second kappa shape index (κ2) is 8.56. The maximum atomic E-state index is 10.8. The van der Waals surface area contributed by atoms with Crippen molar-refractivity contribution >= 4 is 5.69 Å².